The zero-order chi connectivity index (χ0) is 33.5. The largest absolute Gasteiger partial charge is 0.341 e. The van der Waals surface area contributed by atoms with Crippen LogP contribution in [0.1, 0.15) is 56.3 Å². The van der Waals surface area contributed by atoms with Crippen molar-refractivity contribution in [1.29, 1.82) is 0 Å². The SMILES string of the molecule is CC1C=CC=C(N2C3=CC4=C(CC3(C)c3ccccc32)C2C=CC=CC2(C)N4C2N(C)C(c3ccccc3)=CC(c3ccccc3)N2C)C1. The standard InChI is InChI=1S/C45H46N4/c1-31-17-16-22-34(27-31)48-38-25-13-12-24-37(38)44(2)30-35-36-23-14-15-26-45(36,3)49(41(35)29-42(44)48)43-46(4)39(32-18-8-6-9-19-32)28-40(47(43)5)33-20-10-7-11-21-33/h6-26,28-29,31,36,39,43H,27,30H2,1-5H3. The van der Waals surface area contributed by atoms with Crippen LogP contribution in [0.4, 0.5) is 5.69 Å². The lowest BCUT2D eigenvalue weighted by Gasteiger charge is -2.55. The molecule has 3 aromatic carbocycles. The Kier molecular flexibility index (Phi) is 6.87. The number of allylic oxidation sites excluding steroid dienone is 8. The molecule has 49 heavy (non-hydrogen) atoms. The van der Waals surface area contributed by atoms with Gasteiger partial charge >= 0.3 is 0 Å². The van der Waals surface area contributed by atoms with E-state index in [9.17, 15) is 0 Å². The normalized spacial score (nSPS) is 31.6. The van der Waals surface area contributed by atoms with Crippen molar-refractivity contribution in [3.8, 4) is 0 Å². The van der Waals surface area contributed by atoms with E-state index in [4.69, 9.17) is 0 Å². The van der Waals surface area contributed by atoms with Gasteiger partial charge in [-0.15, -0.1) is 0 Å². The summed E-state index contributed by atoms with van der Waals surface area (Å²) < 4.78 is 0. The van der Waals surface area contributed by atoms with Gasteiger partial charge in [-0.3, -0.25) is 4.90 Å². The molecule has 0 amide bonds. The van der Waals surface area contributed by atoms with Crippen molar-refractivity contribution < 1.29 is 0 Å². The van der Waals surface area contributed by atoms with Crippen molar-refractivity contribution in [2.45, 2.75) is 56.9 Å². The smallest absolute Gasteiger partial charge is 0.161 e. The minimum absolute atomic E-state index is 0.0307. The number of benzene rings is 3. The predicted molar refractivity (Wildman–Crippen MR) is 202 cm³/mol. The van der Waals surface area contributed by atoms with Crippen LogP contribution in [0.5, 0.6) is 0 Å². The lowest BCUT2D eigenvalue weighted by Crippen LogP contribution is -2.63. The number of anilines is 1. The highest BCUT2D eigenvalue weighted by Gasteiger charge is 2.58. The van der Waals surface area contributed by atoms with E-state index in [0.29, 0.717) is 5.92 Å². The third kappa shape index (κ3) is 4.39. The van der Waals surface area contributed by atoms with E-state index in [2.05, 4.69) is 194 Å². The molecule has 0 fully saturated rings. The maximum Gasteiger partial charge on any atom is 0.161 e. The van der Waals surface area contributed by atoms with Crippen molar-refractivity contribution in [2.75, 3.05) is 19.0 Å². The quantitative estimate of drug-likeness (QED) is 0.281. The fraction of sp³-hybridized carbons (Fsp3) is 0.289. The highest BCUT2D eigenvalue weighted by molar-refractivity contribution is 5.77. The van der Waals surface area contributed by atoms with Gasteiger partial charge in [-0.1, -0.05) is 122 Å². The molecule has 246 valence electrons. The predicted octanol–water partition coefficient (Wildman–Crippen LogP) is 9.55. The molecular formula is C45H46N4. The Morgan fingerprint density at radius 2 is 1.53 bits per heavy atom. The van der Waals surface area contributed by atoms with Gasteiger partial charge in [-0.2, -0.15) is 0 Å². The van der Waals surface area contributed by atoms with Crippen molar-refractivity contribution >= 4 is 11.4 Å². The second-order valence-electron chi connectivity index (χ2n) is 15.2. The summed E-state index contributed by atoms with van der Waals surface area (Å²) in [6.07, 6.45) is 23.5. The first-order valence-electron chi connectivity index (χ1n) is 17.9. The Morgan fingerprint density at radius 3 is 2.31 bits per heavy atom. The van der Waals surface area contributed by atoms with Gasteiger partial charge in [0.2, 0.25) is 0 Å². The van der Waals surface area contributed by atoms with Crippen molar-refractivity contribution in [1.82, 2.24) is 14.7 Å². The molecule has 3 heterocycles. The van der Waals surface area contributed by atoms with Crippen LogP contribution in [0.15, 0.2) is 162 Å². The van der Waals surface area contributed by atoms with Gasteiger partial charge in [0.05, 0.1) is 11.6 Å². The van der Waals surface area contributed by atoms with Crippen molar-refractivity contribution in [3.63, 3.8) is 0 Å². The average Bonchev–Trinajstić information content (AvgIpc) is 3.52. The van der Waals surface area contributed by atoms with Crippen LogP contribution in [-0.2, 0) is 5.41 Å². The molecule has 0 saturated carbocycles. The van der Waals surface area contributed by atoms with Gasteiger partial charge in [-0.05, 0) is 86.2 Å². The number of para-hydroxylation sites is 1. The Hall–Kier alpha value is -4.80. The third-order valence-corrected chi connectivity index (χ3v) is 12.2. The van der Waals surface area contributed by atoms with E-state index >= 15 is 0 Å². The molecule has 0 aromatic heterocycles. The zero-order valence-electron chi connectivity index (χ0n) is 29.3. The summed E-state index contributed by atoms with van der Waals surface area (Å²) in [5, 5.41) is 0. The first-order chi connectivity index (χ1) is 23.8. The first-order valence-corrected chi connectivity index (χ1v) is 17.9. The summed E-state index contributed by atoms with van der Waals surface area (Å²) in [5.74, 6) is 0.795. The molecule has 6 aliphatic rings. The molecule has 3 aliphatic carbocycles. The van der Waals surface area contributed by atoms with E-state index < -0.39 is 0 Å². The van der Waals surface area contributed by atoms with Crippen LogP contribution < -0.4 is 4.90 Å². The lowest BCUT2D eigenvalue weighted by molar-refractivity contribution is -0.0561. The van der Waals surface area contributed by atoms with Crippen LogP contribution >= 0.6 is 0 Å². The van der Waals surface area contributed by atoms with Gasteiger partial charge in [0.1, 0.15) is 0 Å². The van der Waals surface area contributed by atoms with Crippen LogP contribution in [-0.4, -0.2) is 40.6 Å². The van der Waals surface area contributed by atoms with Crippen molar-refractivity contribution in [2.24, 2.45) is 11.8 Å². The molecule has 0 saturated heterocycles. The summed E-state index contributed by atoms with van der Waals surface area (Å²) in [5.41, 5.74) is 12.0. The zero-order valence-corrected chi connectivity index (χ0v) is 29.3. The second kappa shape index (κ2) is 11.1. The van der Waals surface area contributed by atoms with Crippen molar-refractivity contribution in [3.05, 3.63) is 179 Å². The molecule has 0 radical (unpaired) electrons. The maximum absolute atomic E-state index is 2.77. The summed E-state index contributed by atoms with van der Waals surface area (Å²) in [6, 6.07) is 31.2. The maximum atomic E-state index is 2.77. The topological polar surface area (TPSA) is 13.0 Å². The Bertz CT molecular complexity index is 2030. The fourth-order valence-corrected chi connectivity index (χ4v) is 9.77. The van der Waals surface area contributed by atoms with Gasteiger partial charge in [-0.25, -0.2) is 0 Å². The minimum atomic E-state index is -0.231. The number of hydrogen-bond donors (Lipinski definition) is 0. The average molecular weight is 643 g/mol. The lowest BCUT2D eigenvalue weighted by atomic mass is 9.69. The molecule has 4 nitrogen and oxygen atoms in total. The number of fused-ring (bicyclic) bond motifs is 5. The minimum Gasteiger partial charge on any atom is -0.341 e. The molecule has 6 atom stereocenters. The van der Waals surface area contributed by atoms with E-state index in [1.54, 1.807) is 5.57 Å². The van der Waals surface area contributed by atoms with E-state index in [0.717, 1.165) is 12.8 Å². The Morgan fingerprint density at radius 1 is 0.796 bits per heavy atom. The molecule has 0 N–H and O–H groups in total. The Balaban J connectivity index is 1.24. The van der Waals surface area contributed by atoms with E-state index in [1.165, 1.54) is 45.2 Å². The van der Waals surface area contributed by atoms with Gasteiger partial charge in [0.15, 0.2) is 6.29 Å². The summed E-state index contributed by atoms with van der Waals surface area (Å²) in [4.78, 5) is 10.5. The summed E-state index contributed by atoms with van der Waals surface area (Å²) >= 11 is 0. The summed E-state index contributed by atoms with van der Waals surface area (Å²) in [6.45, 7) is 7.29. The molecule has 6 unspecified atom stereocenters. The first kappa shape index (κ1) is 30.3. The third-order valence-electron chi connectivity index (χ3n) is 12.2. The highest BCUT2D eigenvalue weighted by atomic mass is 15.5. The molecule has 3 aromatic rings. The summed E-state index contributed by atoms with van der Waals surface area (Å²) in [7, 11) is 4.60. The van der Waals surface area contributed by atoms with Gasteiger partial charge in [0.25, 0.3) is 0 Å². The number of nitrogens with zero attached hydrogens (tertiary/aromatic N) is 4. The van der Waals surface area contributed by atoms with Crippen LogP contribution in [0, 0.1) is 11.8 Å². The molecule has 9 rings (SSSR count). The molecular weight excluding hydrogens is 597 g/mol. The van der Waals surface area contributed by atoms with Crippen LogP contribution in [0.3, 0.4) is 0 Å². The number of rotatable bonds is 4. The second-order valence-corrected chi connectivity index (χ2v) is 15.2. The molecule has 0 spiro atoms. The molecule has 0 bridgehead atoms. The van der Waals surface area contributed by atoms with Crippen LogP contribution in [0.25, 0.3) is 5.70 Å². The fourth-order valence-electron chi connectivity index (χ4n) is 9.77. The van der Waals surface area contributed by atoms with E-state index in [1.807, 2.05) is 0 Å². The number of hydrogen-bond acceptors (Lipinski definition) is 4. The Labute approximate surface area is 292 Å². The van der Waals surface area contributed by atoms with Crippen LogP contribution in [0.2, 0.25) is 0 Å². The monoisotopic (exact) mass is 642 g/mol. The number of likely N-dealkylation sites (N-methyl/N-ethyl adjacent to an activating group) is 1. The molecule has 4 heteroatoms. The molecule has 3 aliphatic heterocycles. The van der Waals surface area contributed by atoms with Gasteiger partial charge < -0.3 is 14.7 Å². The highest BCUT2D eigenvalue weighted by Crippen LogP contribution is 2.61. The van der Waals surface area contributed by atoms with E-state index in [-0.39, 0.29) is 29.2 Å². The van der Waals surface area contributed by atoms with Gasteiger partial charge in [0, 0.05) is 46.9 Å².